The zero-order valence-corrected chi connectivity index (χ0v) is 35.3. The number of piperidine rings is 1. The Balaban J connectivity index is 0.000000688. The number of aryl methyl sites for hydroxylation is 2. The number of likely N-dealkylation sites (tertiary alicyclic amines) is 2. The molecule has 2 saturated heterocycles. The highest BCUT2D eigenvalue weighted by Crippen LogP contribution is 2.48. The maximum Gasteiger partial charge on any atom is 0.0865 e. The Morgan fingerprint density at radius 1 is 1.08 bits per heavy atom. The maximum absolute atomic E-state index is 5.35. The molecule has 286 valence electrons. The Kier molecular flexibility index (Phi) is 13.7. The van der Waals surface area contributed by atoms with Crippen LogP contribution in [0.4, 0.5) is 11.4 Å². The third-order valence-electron chi connectivity index (χ3n) is 10.1. The molecule has 1 aliphatic carbocycles. The van der Waals surface area contributed by atoms with Crippen molar-refractivity contribution in [2.75, 3.05) is 31.6 Å². The molecule has 52 heavy (non-hydrogen) atoms. The summed E-state index contributed by atoms with van der Waals surface area (Å²) in [4.78, 5) is 12.0. The largest absolute Gasteiger partial charge is 0.375 e. The predicted octanol–water partition coefficient (Wildman–Crippen LogP) is 11.1. The van der Waals surface area contributed by atoms with Crippen LogP contribution in [0.15, 0.2) is 60.1 Å². The van der Waals surface area contributed by atoms with E-state index in [4.69, 9.17) is 5.73 Å². The molecule has 3 aliphatic rings. The Morgan fingerprint density at radius 2 is 1.73 bits per heavy atom. The molecule has 2 aromatic heterocycles. The van der Waals surface area contributed by atoms with Gasteiger partial charge in [-0.3, -0.25) is 4.99 Å². The fraction of sp³-hybridized carbons (Fsp3) is 0.578. The maximum atomic E-state index is 5.35. The molecule has 3 fully saturated rings. The van der Waals surface area contributed by atoms with E-state index >= 15 is 0 Å². The van der Waals surface area contributed by atoms with Crippen molar-refractivity contribution in [2.24, 2.45) is 28.0 Å². The van der Waals surface area contributed by atoms with Gasteiger partial charge in [0.25, 0.3) is 0 Å². The molecule has 1 aromatic carbocycles. The summed E-state index contributed by atoms with van der Waals surface area (Å²) in [6.07, 6.45) is 8.67. The van der Waals surface area contributed by atoms with E-state index in [9.17, 15) is 0 Å². The third kappa shape index (κ3) is 10.4. The van der Waals surface area contributed by atoms with E-state index in [-0.39, 0.29) is 11.0 Å². The number of aromatic nitrogens is 1. The number of anilines is 1. The van der Waals surface area contributed by atoms with Crippen molar-refractivity contribution in [3.63, 3.8) is 0 Å². The molecule has 2 N–H and O–H groups in total. The van der Waals surface area contributed by atoms with Crippen LogP contribution < -0.4 is 10.6 Å². The summed E-state index contributed by atoms with van der Waals surface area (Å²) < 4.78 is 4.02. The first-order valence-electron chi connectivity index (χ1n) is 19.6. The molecule has 1 unspecified atom stereocenters. The van der Waals surface area contributed by atoms with Gasteiger partial charge in [-0.15, -0.1) is 17.9 Å². The molecule has 6 nitrogen and oxygen atoms in total. The third-order valence-corrected chi connectivity index (χ3v) is 11.0. The van der Waals surface area contributed by atoms with Crippen LogP contribution >= 0.6 is 11.3 Å². The van der Waals surface area contributed by atoms with Gasteiger partial charge in [0, 0.05) is 61.9 Å². The van der Waals surface area contributed by atoms with Gasteiger partial charge in [-0.05, 0) is 130 Å². The van der Waals surface area contributed by atoms with Gasteiger partial charge >= 0.3 is 0 Å². The minimum Gasteiger partial charge on any atom is -0.375 e. The van der Waals surface area contributed by atoms with E-state index in [0.717, 1.165) is 75.7 Å². The molecule has 7 heteroatoms. The number of allylic oxidation sites excluding steroid dienone is 2. The molecule has 2 atom stereocenters. The van der Waals surface area contributed by atoms with E-state index in [1.807, 2.05) is 39.0 Å². The molecule has 4 heterocycles. The van der Waals surface area contributed by atoms with E-state index in [1.54, 1.807) is 6.08 Å². The molecule has 0 spiro atoms. The topological polar surface area (TPSA) is 53.0 Å². The average Bonchev–Trinajstić information content (AvgIpc) is 3.33. The predicted molar refractivity (Wildman–Crippen MR) is 231 cm³/mol. The number of benzene rings is 1. The number of hydrogen-bond acceptors (Lipinski definition) is 6. The lowest BCUT2D eigenvalue weighted by molar-refractivity contribution is 0.130. The van der Waals surface area contributed by atoms with Crippen molar-refractivity contribution < 1.29 is 0 Å². The summed E-state index contributed by atoms with van der Waals surface area (Å²) >= 11 is 1.91. The first-order valence-corrected chi connectivity index (χ1v) is 20.5. The zero-order chi connectivity index (χ0) is 38.5. The summed E-state index contributed by atoms with van der Waals surface area (Å²) in [6, 6.07) is 7.72. The van der Waals surface area contributed by atoms with Crippen LogP contribution in [-0.2, 0) is 25.9 Å². The number of aliphatic imine (C=N–C) groups is 1. The molecular weight excluding hydrogens is 657 g/mol. The van der Waals surface area contributed by atoms with Gasteiger partial charge in [0.2, 0.25) is 0 Å². The lowest BCUT2D eigenvalue weighted by Gasteiger charge is -2.43. The second-order valence-electron chi connectivity index (χ2n) is 17.7. The SMILES string of the molecule is C=CC.C=Nc1cc(C(=C)N2CC[C@H]3CC32)cc(CC)c1N(C)Cc1cc2scc(CC3CN(C(=C)CC(C)(C)C)C3)c2n1CCC.CC(C)(C)N. The molecule has 3 aromatic rings. The molecule has 6 rings (SSSR count). The van der Waals surface area contributed by atoms with Crippen LogP contribution in [0.2, 0.25) is 0 Å². The van der Waals surface area contributed by atoms with E-state index in [1.165, 1.54) is 56.8 Å². The van der Waals surface area contributed by atoms with Gasteiger partial charge in [-0.25, -0.2) is 0 Å². The highest BCUT2D eigenvalue weighted by molar-refractivity contribution is 7.17. The number of hydrogen-bond donors (Lipinski definition) is 1. The molecule has 2 aliphatic heterocycles. The van der Waals surface area contributed by atoms with Gasteiger partial charge < -0.3 is 25.0 Å². The minimum absolute atomic E-state index is 0. The van der Waals surface area contributed by atoms with Crippen LogP contribution in [0.25, 0.3) is 15.9 Å². The Labute approximate surface area is 321 Å². The van der Waals surface area contributed by atoms with Crippen molar-refractivity contribution in [3.05, 3.63) is 77.5 Å². The second-order valence-corrected chi connectivity index (χ2v) is 18.6. The summed E-state index contributed by atoms with van der Waals surface area (Å²) in [6.45, 7) is 40.8. The normalized spacial score (nSPS) is 18.1. The second kappa shape index (κ2) is 17.2. The van der Waals surface area contributed by atoms with Crippen molar-refractivity contribution in [2.45, 2.75) is 126 Å². The summed E-state index contributed by atoms with van der Waals surface area (Å²) in [5, 5.41) is 2.42. The first kappa shape index (κ1) is 41.5. The average molecular weight is 727 g/mol. The lowest BCUT2D eigenvalue weighted by Crippen LogP contribution is -2.47. The van der Waals surface area contributed by atoms with Crippen LogP contribution in [0.5, 0.6) is 0 Å². The van der Waals surface area contributed by atoms with E-state index in [0.29, 0.717) is 12.0 Å². The Hall–Kier alpha value is -3.29. The fourth-order valence-electron chi connectivity index (χ4n) is 7.83. The minimum atomic E-state index is 0. The first-order chi connectivity index (χ1) is 24.4. The van der Waals surface area contributed by atoms with Crippen LogP contribution in [0.3, 0.4) is 0 Å². The molecule has 0 amide bonds. The molecular formula is C45H70N6S. The van der Waals surface area contributed by atoms with E-state index in [2.05, 4.69) is 116 Å². The van der Waals surface area contributed by atoms with E-state index < -0.39 is 0 Å². The molecule has 0 radical (unpaired) electrons. The number of fused-ring (bicyclic) bond motifs is 2. The smallest absolute Gasteiger partial charge is 0.0865 e. The summed E-state index contributed by atoms with van der Waals surface area (Å²) in [5.74, 6) is 1.59. The zero-order valence-electron chi connectivity index (χ0n) is 34.4. The van der Waals surface area contributed by atoms with Gasteiger partial charge in [0.05, 0.1) is 28.1 Å². The highest BCUT2D eigenvalue weighted by Gasteiger charge is 2.47. The lowest BCUT2D eigenvalue weighted by atomic mass is 9.87. The van der Waals surface area contributed by atoms with Gasteiger partial charge in [-0.1, -0.05) is 53.9 Å². The molecule has 1 saturated carbocycles. The Bertz CT molecular complexity index is 1700. The van der Waals surface area contributed by atoms with Crippen molar-refractivity contribution >= 4 is 45.3 Å². The van der Waals surface area contributed by atoms with Crippen LogP contribution in [-0.4, -0.2) is 59.3 Å². The number of nitrogens with two attached hydrogens (primary N) is 1. The van der Waals surface area contributed by atoms with Crippen molar-refractivity contribution in [3.8, 4) is 0 Å². The molecule has 0 bridgehead atoms. The number of thiophene rings is 1. The highest BCUT2D eigenvalue weighted by atomic mass is 32.1. The van der Waals surface area contributed by atoms with Crippen molar-refractivity contribution in [1.29, 1.82) is 0 Å². The van der Waals surface area contributed by atoms with Gasteiger partial charge in [0.15, 0.2) is 0 Å². The number of nitrogens with zero attached hydrogens (tertiary/aromatic N) is 5. The quantitative estimate of drug-likeness (QED) is 0.141. The summed E-state index contributed by atoms with van der Waals surface area (Å²) in [5.41, 5.74) is 17.1. The summed E-state index contributed by atoms with van der Waals surface area (Å²) in [7, 11) is 2.22. The Morgan fingerprint density at radius 3 is 2.25 bits per heavy atom. The monoisotopic (exact) mass is 727 g/mol. The fourth-order valence-corrected chi connectivity index (χ4v) is 8.86. The van der Waals surface area contributed by atoms with Crippen LogP contribution in [0.1, 0.15) is 110 Å². The van der Waals surface area contributed by atoms with Crippen molar-refractivity contribution in [1.82, 2.24) is 14.4 Å². The van der Waals surface area contributed by atoms with Crippen LogP contribution in [0, 0.1) is 17.3 Å². The number of rotatable bonds is 13. The van der Waals surface area contributed by atoms with Gasteiger partial charge in [0.1, 0.15) is 0 Å². The standard InChI is InChI=1S/C38H53N5S.C4H11N.C3H6/c1-10-13-43-32(19-35-37(43)31(24-44-35)15-27-21-41(22-27)25(3)20-38(5,6)7)23-40(9)36-28(11-2)16-30(17-33(36)39-8)26(4)42-14-12-29-18-34(29)42;1-4(2,3)5;1-3-2/h16-17,19,24,27,29,34H,3-4,8,10-15,18,20-23H2,1-2,5-7,9H3;5H2,1-3H3;3H,1H2,2H3/t29-,34?;;/m0../s1. The van der Waals surface area contributed by atoms with Gasteiger partial charge in [-0.2, -0.15) is 0 Å².